The standard InChI is InChI=1S/C15H18FNO2/c1-17(10-11-3-2-4-11)14-7-6-13(16)9-12(14)5-8-15(18)19/h5-9,11H,2-4,10H2,1H3,(H,18,19)/b8-5+. The van der Waals surface area contributed by atoms with Crippen molar-refractivity contribution in [3.05, 3.63) is 35.7 Å². The van der Waals surface area contributed by atoms with Crippen LogP contribution in [0.25, 0.3) is 6.08 Å². The summed E-state index contributed by atoms with van der Waals surface area (Å²) in [5, 5.41) is 8.67. The molecule has 3 nitrogen and oxygen atoms in total. The maximum Gasteiger partial charge on any atom is 0.328 e. The first kappa shape index (κ1) is 13.6. The Hall–Kier alpha value is -1.84. The lowest BCUT2D eigenvalue weighted by Crippen LogP contribution is -2.29. The third-order valence-electron chi connectivity index (χ3n) is 3.56. The van der Waals surface area contributed by atoms with E-state index < -0.39 is 5.97 Å². The molecule has 102 valence electrons. The van der Waals surface area contributed by atoms with Crippen LogP contribution in [0.2, 0.25) is 0 Å². The van der Waals surface area contributed by atoms with E-state index in [2.05, 4.69) is 4.90 Å². The van der Waals surface area contributed by atoms with Crippen molar-refractivity contribution >= 4 is 17.7 Å². The molecule has 0 spiro atoms. The first-order valence-electron chi connectivity index (χ1n) is 6.48. The number of carbonyl (C=O) groups is 1. The van der Waals surface area contributed by atoms with Crippen LogP contribution in [0.1, 0.15) is 24.8 Å². The van der Waals surface area contributed by atoms with Gasteiger partial charge in [-0.1, -0.05) is 6.42 Å². The van der Waals surface area contributed by atoms with Crippen molar-refractivity contribution in [3.8, 4) is 0 Å². The van der Waals surface area contributed by atoms with E-state index >= 15 is 0 Å². The smallest absolute Gasteiger partial charge is 0.328 e. The van der Waals surface area contributed by atoms with E-state index in [1.165, 1.54) is 37.5 Å². The monoisotopic (exact) mass is 263 g/mol. The number of halogens is 1. The van der Waals surface area contributed by atoms with E-state index in [1.807, 2.05) is 7.05 Å². The summed E-state index contributed by atoms with van der Waals surface area (Å²) in [5.74, 6) is -0.686. The highest BCUT2D eigenvalue weighted by Crippen LogP contribution is 2.30. The van der Waals surface area contributed by atoms with Crippen LogP contribution in [-0.4, -0.2) is 24.7 Å². The van der Waals surface area contributed by atoms with Crippen molar-refractivity contribution < 1.29 is 14.3 Å². The molecule has 0 saturated heterocycles. The van der Waals surface area contributed by atoms with Gasteiger partial charge in [-0.3, -0.25) is 0 Å². The van der Waals surface area contributed by atoms with Crippen LogP contribution in [0.5, 0.6) is 0 Å². The molecule has 1 aliphatic carbocycles. The fourth-order valence-electron chi connectivity index (χ4n) is 2.33. The highest BCUT2D eigenvalue weighted by molar-refractivity contribution is 5.87. The van der Waals surface area contributed by atoms with Crippen LogP contribution in [0.3, 0.4) is 0 Å². The molecule has 0 radical (unpaired) electrons. The molecule has 0 aromatic heterocycles. The average molecular weight is 263 g/mol. The Balaban J connectivity index is 2.19. The lowest BCUT2D eigenvalue weighted by atomic mass is 9.85. The van der Waals surface area contributed by atoms with Crippen molar-refractivity contribution in [1.82, 2.24) is 0 Å². The van der Waals surface area contributed by atoms with Crippen molar-refractivity contribution in [3.63, 3.8) is 0 Å². The van der Waals surface area contributed by atoms with Crippen LogP contribution in [-0.2, 0) is 4.79 Å². The molecular formula is C15H18FNO2. The Kier molecular flexibility index (Phi) is 4.20. The van der Waals surface area contributed by atoms with Crippen LogP contribution in [0.15, 0.2) is 24.3 Å². The zero-order valence-corrected chi connectivity index (χ0v) is 11.0. The summed E-state index contributed by atoms with van der Waals surface area (Å²) in [6, 6.07) is 4.48. The van der Waals surface area contributed by atoms with Crippen molar-refractivity contribution in [2.24, 2.45) is 5.92 Å². The normalized spacial score (nSPS) is 15.5. The van der Waals surface area contributed by atoms with E-state index in [4.69, 9.17) is 5.11 Å². The second kappa shape index (κ2) is 5.87. The van der Waals surface area contributed by atoms with Gasteiger partial charge in [0.05, 0.1) is 0 Å². The molecule has 0 unspecified atom stereocenters. The van der Waals surface area contributed by atoms with E-state index in [1.54, 1.807) is 6.07 Å². The number of carboxylic acid groups (broad SMARTS) is 1. The van der Waals surface area contributed by atoms with Gasteiger partial charge in [0, 0.05) is 30.9 Å². The molecule has 0 amide bonds. The molecular weight excluding hydrogens is 245 g/mol. The molecule has 0 heterocycles. The molecule has 0 atom stereocenters. The zero-order chi connectivity index (χ0) is 13.8. The Labute approximate surface area is 112 Å². The molecule has 1 fully saturated rings. The van der Waals surface area contributed by atoms with Gasteiger partial charge >= 0.3 is 5.97 Å². The van der Waals surface area contributed by atoms with E-state index in [0.29, 0.717) is 11.5 Å². The van der Waals surface area contributed by atoms with Crippen LogP contribution < -0.4 is 4.90 Å². The lowest BCUT2D eigenvalue weighted by Gasteiger charge is -2.32. The number of anilines is 1. The third kappa shape index (κ3) is 3.56. The van der Waals surface area contributed by atoms with Crippen LogP contribution in [0.4, 0.5) is 10.1 Å². The van der Waals surface area contributed by atoms with Gasteiger partial charge in [-0.25, -0.2) is 9.18 Å². The highest BCUT2D eigenvalue weighted by Gasteiger charge is 2.20. The zero-order valence-electron chi connectivity index (χ0n) is 11.0. The molecule has 4 heteroatoms. The third-order valence-corrected chi connectivity index (χ3v) is 3.56. The lowest BCUT2D eigenvalue weighted by molar-refractivity contribution is -0.131. The number of benzene rings is 1. The number of nitrogens with zero attached hydrogens (tertiary/aromatic N) is 1. The summed E-state index contributed by atoms with van der Waals surface area (Å²) in [6.45, 7) is 0.930. The fourth-order valence-corrected chi connectivity index (χ4v) is 2.33. The summed E-state index contributed by atoms with van der Waals surface area (Å²) >= 11 is 0. The summed E-state index contributed by atoms with van der Waals surface area (Å²) in [5.41, 5.74) is 1.47. The van der Waals surface area contributed by atoms with Gasteiger partial charge in [0.2, 0.25) is 0 Å². The van der Waals surface area contributed by atoms with Gasteiger partial charge in [-0.2, -0.15) is 0 Å². The van der Waals surface area contributed by atoms with Gasteiger partial charge in [-0.15, -0.1) is 0 Å². The number of carboxylic acids is 1. The molecule has 1 aliphatic rings. The minimum atomic E-state index is -1.03. The number of aliphatic carboxylic acids is 1. The summed E-state index contributed by atoms with van der Waals surface area (Å²) in [4.78, 5) is 12.7. The summed E-state index contributed by atoms with van der Waals surface area (Å²) in [7, 11) is 1.96. The van der Waals surface area contributed by atoms with Gasteiger partial charge < -0.3 is 10.0 Å². The number of rotatable bonds is 5. The maximum absolute atomic E-state index is 13.3. The van der Waals surface area contributed by atoms with Gasteiger partial charge in [0.25, 0.3) is 0 Å². The SMILES string of the molecule is CN(CC1CCC1)c1ccc(F)cc1/C=C/C(=O)O. The Bertz CT molecular complexity index is 495. The molecule has 1 aromatic carbocycles. The van der Waals surface area contributed by atoms with E-state index in [0.717, 1.165) is 18.3 Å². The van der Waals surface area contributed by atoms with Crippen molar-refractivity contribution in [2.75, 3.05) is 18.5 Å². The maximum atomic E-state index is 13.3. The first-order chi connectivity index (χ1) is 9.06. The van der Waals surface area contributed by atoms with E-state index in [9.17, 15) is 9.18 Å². The number of hydrogen-bond acceptors (Lipinski definition) is 2. The quantitative estimate of drug-likeness (QED) is 0.830. The predicted octanol–water partition coefficient (Wildman–Crippen LogP) is 3.16. The minimum absolute atomic E-state index is 0.356. The molecule has 1 aromatic rings. The predicted molar refractivity (Wildman–Crippen MR) is 73.7 cm³/mol. The second-order valence-electron chi connectivity index (χ2n) is 5.05. The van der Waals surface area contributed by atoms with E-state index in [-0.39, 0.29) is 5.82 Å². The van der Waals surface area contributed by atoms with Gasteiger partial charge in [-0.05, 0) is 43.0 Å². The second-order valence-corrected chi connectivity index (χ2v) is 5.05. The summed E-state index contributed by atoms with van der Waals surface area (Å²) < 4.78 is 13.3. The Morgan fingerprint density at radius 1 is 1.53 bits per heavy atom. The molecule has 0 bridgehead atoms. The van der Waals surface area contributed by atoms with Gasteiger partial charge in [0.1, 0.15) is 5.82 Å². The van der Waals surface area contributed by atoms with Gasteiger partial charge in [0.15, 0.2) is 0 Å². The highest BCUT2D eigenvalue weighted by atomic mass is 19.1. The first-order valence-corrected chi connectivity index (χ1v) is 6.48. The molecule has 2 rings (SSSR count). The molecule has 0 aliphatic heterocycles. The largest absolute Gasteiger partial charge is 0.478 e. The molecule has 19 heavy (non-hydrogen) atoms. The Morgan fingerprint density at radius 3 is 2.84 bits per heavy atom. The fraction of sp³-hybridized carbons (Fsp3) is 0.400. The van der Waals surface area contributed by atoms with Crippen LogP contribution >= 0.6 is 0 Å². The Morgan fingerprint density at radius 2 is 2.26 bits per heavy atom. The van der Waals surface area contributed by atoms with Crippen LogP contribution in [0, 0.1) is 11.7 Å². The average Bonchev–Trinajstić information content (AvgIpc) is 2.31. The molecule has 1 N–H and O–H groups in total. The molecule has 1 saturated carbocycles. The minimum Gasteiger partial charge on any atom is -0.478 e. The summed E-state index contributed by atoms with van der Waals surface area (Å²) in [6.07, 6.45) is 6.25. The number of hydrogen-bond donors (Lipinski definition) is 1. The van der Waals surface area contributed by atoms with Crippen molar-refractivity contribution in [1.29, 1.82) is 0 Å². The topological polar surface area (TPSA) is 40.5 Å². The van der Waals surface area contributed by atoms with Crippen molar-refractivity contribution in [2.45, 2.75) is 19.3 Å².